The molecule has 1 aliphatic carbocycles. The summed E-state index contributed by atoms with van der Waals surface area (Å²) < 4.78 is 0. The maximum absolute atomic E-state index is 12.7. The topological polar surface area (TPSA) is 29.1 Å². The van der Waals surface area contributed by atoms with Crippen molar-refractivity contribution in [2.75, 3.05) is 0 Å². The third-order valence-corrected chi connectivity index (χ3v) is 4.78. The third-order valence-electron chi connectivity index (χ3n) is 4.78. The molecule has 2 aromatic carbocycles. The van der Waals surface area contributed by atoms with Crippen LogP contribution in [-0.4, -0.2) is 5.91 Å². The summed E-state index contributed by atoms with van der Waals surface area (Å²) >= 11 is 0. The number of nitrogens with one attached hydrogen (secondary N) is 1. The molecule has 3 rings (SSSR count). The van der Waals surface area contributed by atoms with E-state index in [-0.39, 0.29) is 16.7 Å². The Labute approximate surface area is 138 Å². The van der Waals surface area contributed by atoms with Crippen molar-refractivity contribution >= 4 is 5.91 Å². The first-order chi connectivity index (χ1) is 10.9. The Morgan fingerprint density at radius 2 is 1.61 bits per heavy atom. The Morgan fingerprint density at radius 1 is 1.00 bits per heavy atom. The molecule has 1 fully saturated rings. The molecular formula is C21H25NO. The van der Waals surface area contributed by atoms with Gasteiger partial charge in [0.25, 0.3) is 0 Å². The van der Waals surface area contributed by atoms with Crippen molar-refractivity contribution < 1.29 is 4.79 Å². The number of rotatable bonds is 4. The van der Waals surface area contributed by atoms with Gasteiger partial charge in [-0.1, -0.05) is 75.4 Å². The van der Waals surface area contributed by atoms with Crippen molar-refractivity contribution in [1.29, 1.82) is 0 Å². The van der Waals surface area contributed by atoms with Crippen molar-refractivity contribution in [3.63, 3.8) is 0 Å². The van der Waals surface area contributed by atoms with Crippen LogP contribution in [0.4, 0.5) is 0 Å². The molecule has 1 N–H and O–H groups in total. The standard InChI is InChI=1S/C21H25NO/c1-20(2,3)17-9-11-18(12-10-17)21(13-14-21)19(23)22-15-16-7-5-4-6-8-16/h4-12H,13-15H2,1-3H3,(H,22,23). The molecule has 2 aromatic rings. The third kappa shape index (κ3) is 3.31. The van der Waals surface area contributed by atoms with Crippen LogP contribution in [0.3, 0.4) is 0 Å². The van der Waals surface area contributed by atoms with Crippen LogP contribution in [0.1, 0.15) is 50.3 Å². The van der Waals surface area contributed by atoms with Gasteiger partial charge in [-0.3, -0.25) is 4.79 Å². The lowest BCUT2D eigenvalue weighted by Crippen LogP contribution is -2.34. The molecule has 23 heavy (non-hydrogen) atoms. The van der Waals surface area contributed by atoms with Gasteiger partial charge in [0, 0.05) is 6.54 Å². The van der Waals surface area contributed by atoms with Crippen molar-refractivity contribution in [2.24, 2.45) is 0 Å². The molecule has 0 atom stereocenters. The summed E-state index contributed by atoms with van der Waals surface area (Å²) in [6.07, 6.45) is 1.89. The second kappa shape index (κ2) is 5.84. The van der Waals surface area contributed by atoms with E-state index < -0.39 is 0 Å². The van der Waals surface area contributed by atoms with Gasteiger partial charge < -0.3 is 5.32 Å². The molecule has 1 saturated carbocycles. The average molecular weight is 307 g/mol. The molecule has 0 spiro atoms. The molecule has 120 valence electrons. The SMILES string of the molecule is CC(C)(C)c1ccc(C2(C(=O)NCc3ccccc3)CC2)cc1. The van der Waals surface area contributed by atoms with Crippen LogP contribution in [-0.2, 0) is 22.2 Å². The Morgan fingerprint density at radius 3 is 2.13 bits per heavy atom. The maximum atomic E-state index is 12.7. The zero-order valence-corrected chi connectivity index (χ0v) is 14.2. The highest BCUT2D eigenvalue weighted by Crippen LogP contribution is 2.48. The number of carbonyl (C=O) groups excluding carboxylic acids is 1. The van der Waals surface area contributed by atoms with E-state index in [1.807, 2.05) is 30.3 Å². The molecule has 0 unspecified atom stereocenters. The van der Waals surface area contributed by atoms with Crippen molar-refractivity contribution in [3.05, 3.63) is 71.3 Å². The van der Waals surface area contributed by atoms with E-state index in [0.717, 1.165) is 24.0 Å². The largest absolute Gasteiger partial charge is 0.351 e. The van der Waals surface area contributed by atoms with E-state index in [0.29, 0.717) is 6.54 Å². The number of hydrogen-bond donors (Lipinski definition) is 1. The molecule has 0 aliphatic heterocycles. The monoisotopic (exact) mass is 307 g/mol. The minimum Gasteiger partial charge on any atom is -0.351 e. The number of benzene rings is 2. The second-order valence-electron chi connectivity index (χ2n) is 7.58. The molecule has 0 heterocycles. The summed E-state index contributed by atoms with van der Waals surface area (Å²) in [5.74, 6) is 0.157. The maximum Gasteiger partial charge on any atom is 0.230 e. The van der Waals surface area contributed by atoms with E-state index in [9.17, 15) is 4.79 Å². The minimum absolute atomic E-state index is 0.144. The Balaban J connectivity index is 1.70. The molecule has 1 amide bonds. The fraction of sp³-hybridized carbons (Fsp3) is 0.381. The van der Waals surface area contributed by atoms with E-state index in [4.69, 9.17) is 0 Å². The first-order valence-electron chi connectivity index (χ1n) is 8.35. The van der Waals surface area contributed by atoms with Crippen LogP contribution in [0.2, 0.25) is 0 Å². The first kappa shape index (κ1) is 15.8. The van der Waals surface area contributed by atoms with E-state index in [1.54, 1.807) is 0 Å². The van der Waals surface area contributed by atoms with Gasteiger partial charge in [0.15, 0.2) is 0 Å². The number of amides is 1. The fourth-order valence-electron chi connectivity index (χ4n) is 3.01. The van der Waals surface area contributed by atoms with Crippen LogP contribution in [0.25, 0.3) is 0 Å². The normalized spacial score (nSPS) is 16.0. The molecule has 1 aliphatic rings. The smallest absolute Gasteiger partial charge is 0.230 e. The lowest BCUT2D eigenvalue weighted by atomic mass is 9.85. The minimum atomic E-state index is -0.300. The zero-order chi connectivity index (χ0) is 16.5. The summed E-state index contributed by atoms with van der Waals surface area (Å²) in [6, 6.07) is 18.7. The number of hydrogen-bond acceptors (Lipinski definition) is 1. The molecule has 0 bridgehead atoms. The van der Waals surface area contributed by atoms with Gasteiger partial charge in [-0.2, -0.15) is 0 Å². The molecule has 2 heteroatoms. The number of carbonyl (C=O) groups is 1. The van der Waals surface area contributed by atoms with Crippen LogP contribution in [0.15, 0.2) is 54.6 Å². The summed E-state index contributed by atoms with van der Waals surface area (Å²) in [7, 11) is 0. The molecular weight excluding hydrogens is 282 g/mol. The highest BCUT2D eigenvalue weighted by Gasteiger charge is 2.51. The molecule has 0 radical (unpaired) electrons. The average Bonchev–Trinajstić information content (AvgIpc) is 3.35. The molecule has 2 nitrogen and oxygen atoms in total. The van der Waals surface area contributed by atoms with Crippen LogP contribution >= 0.6 is 0 Å². The Hall–Kier alpha value is -2.09. The fourth-order valence-corrected chi connectivity index (χ4v) is 3.01. The lowest BCUT2D eigenvalue weighted by molar-refractivity contribution is -0.123. The van der Waals surface area contributed by atoms with Crippen molar-refractivity contribution in [3.8, 4) is 0 Å². The highest BCUT2D eigenvalue weighted by atomic mass is 16.2. The van der Waals surface area contributed by atoms with Gasteiger partial charge in [-0.15, -0.1) is 0 Å². The van der Waals surface area contributed by atoms with Gasteiger partial charge in [-0.25, -0.2) is 0 Å². The van der Waals surface area contributed by atoms with Crippen molar-refractivity contribution in [1.82, 2.24) is 5.32 Å². The van der Waals surface area contributed by atoms with Gasteiger partial charge in [-0.05, 0) is 34.9 Å². The van der Waals surface area contributed by atoms with E-state index in [2.05, 4.69) is 50.4 Å². The van der Waals surface area contributed by atoms with Gasteiger partial charge in [0.05, 0.1) is 5.41 Å². The predicted octanol–water partition coefficient (Wildman–Crippen LogP) is 4.33. The zero-order valence-electron chi connectivity index (χ0n) is 14.2. The highest BCUT2D eigenvalue weighted by molar-refractivity contribution is 5.91. The van der Waals surface area contributed by atoms with Crippen molar-refractivity contribution in [2.45, 2.75) is 51.0 Å². The van der Waals surface area contributed by atoms with Gasteiger partial charge in [0.1, 0.15) is 0 Å². The van der Waals surface area contributed by atoms with E-state index >= 15 is 0 Å². The van der Waals surface area contributed by atoms with Gasteiger partial charge in [0.2, 0.25) is 5.91 Å². The van der Waals surface area contributed by atoms with E-state index in [1.165, 1.54) is 5.56 Å². The van der Waals surface area contributed by atoms with Crippen LogP contribution in [0.5, 0.6) is 0 Å². The molecule has 0 saturated heterocycles. The Kier molecular flexibility index (Phi) is 4.01. The quantitative estimate of drug-likeness (QED) is 0.895. The van der Waals surface area contributed by atoms with Crippen LogP contribution in [0, 0.1) is 0 Å². The van der Waals surface area contributed by atoms with Crippen LogP contribution < -0.4 is 5.32 Å². The molecule has 0 aromatic heterocycles. The lowest BCUT2D eigenvalue weighted by Gasteiger charge is -2.21. The summed E-state index contributed by atoms with van der Waals surface area (Å²) in [6.45, 7) is 7.23. The Bertz CT molecular complexity index is 676. The van der Waals surface area contributed by atoms with Gasteiger partial charge >= 0.3 is 0 Å². The summed E-state index contributed by atoms with van der Waals surface area (Å²) in [5, 5.41) is 3.11. The first-order valence-corrected chi connectivity index (χ1v) is 8.35. The predicted molar refractivity (Wildman–Crippen MR) is 94.3 cm³/mol. The summed E-state index contributed by atoms with van der Waals surface area (Å²) in [5.41, 5.74) is 3.44. The summed E-state index contributed by atoms with van der Waals surface area (Å²) in [4.78, 5) is 12.7. The second-order valence-corrected chi connectivity index (χ2v) is 7.58.